The second-order valence-corrected chi connectivity index (χ2v) is 6.77. The van der Waals surface area contributed by atoms with Gasteiger partial charge in [-0.05, 0) is 25.1 Å². The summed E-state index contributed by atoms with van der Waals surface area (Å²) in [6.45, 7) is 2.04. The lowest BCUT2D eigenvalue weighted by Gasteiger charge is -2.05. The molecule has 0 unspecified atom stereocenters. The number of aryl methyl sites for hydroxylation is 2. The van der Waals surface area contributed by atoms with Crippen LogP contribution in [0.1, 0.15) is 28.1 Å². The number of nitrogens with zero attached hydrogens (tertiary/aromatic N) is 2. The van der Waals surface area contributed by atoms with Gasteiger partial charge in [-0.3, -0.25) is 4.79 Å². The van der Waals surface area contributed by atoms with E-state index in [1.54, 1.807) is 18.3 Å². The van der Waals surface area contributed by atoms with Crippen molar-refractivity contribution in [1.29, 1.82) is 0 Å². The lowest BCUT2D eigenvalue weighted by atomic mass is 10.1. The molecule has 0 radical (unpaired) electrons. The van der Waals surface area contributed by atoms with Crippen LogP contribution in [0.25, 0.3) is 11.3 Å². The normalized spacial score (nSPS) is 10.7. The third kappa shape index (κ3) is 4.76. The van der Waals surface area contributed by atoms with Crippen molar-refractivity contribution in [2.24, 2.45) is 0 Å². The lowest BCUT2D eigenvalue weighted by Crippen LogP contribution is -2.01. The van der Waals surface area contributed by atoms with Gasteiger partial charge >= 0.3 is 0 Å². The molecule has 2 heterocycles. The van der Waals surface area contributed by atoms with E-state index >= 15 is 0 Å². The van der Waals surface area contributed by atoms with Gasteiger partial charge < -0.3 is 9.26 Å². The Kier molecular flexibility index (Phi) is 5.47. The topological polar surface area (TPSA) is 65.2 Å². The van der Waals surface area contributed by atoms with Crippen molar-refractivity contribution in [2.75, 3.05) is 0 Å². The molecule has 0 bridgehead atoms. The molecule has 4 aromatic rings. The first-order chi connectivity index (χ1) is 14.2. The lowest BCUT2D eigenvalue weighted by molar-refractivity contribution is 0.0980. The number of hydrogen-bond donors (Lipinski definition) is 0. The third-order valence-electron chi connectivity index (χ3n) is 4.53. The third-order valence-corrected chi connectivity index (χ3v) is 4.53. The Morgan fingerprint density at radius 1 is 1.00 bits per heavy atom. The Morgan fingerprint density at radius 3 is 2.52 bits per heavy atom. The number of hydrogen-bond acceptors (Lipinski definition) is 5. The molecule has 2 aromatic heterocycles. The molecule has 5 nitrogen and oxygen atoms in total. The second kappa shape index (κ2) is 8.52. The minimum absolute atomic E-state index is 0.00273. The van der Waals surface area contributed by atoms with Gasteiger partial charge in [0.25, 0.3) is 0 Å². The van der Waals surface area contributed by atoms with Crippen LogP contribution in [0.15, 0.2) is 83.5 Å². The van der Waals surface area contributed by atoms with E-state index in [1.807, 2.05) is 67.6 Å². The minimum atomic E-state index is -0.00273. The summed E-state index contributed by atoms with van der Waals surface area (Å²) in [5.74, 6) is 1.84. The molecule has 4 rings (SSSR count). The molecule has 0 amide bonds. The number of pyridine rings is 1. The van der Waals surface area contributed by atoms with E-state index in [0.717, 1.165) is 11.3 Å². The number of Topliss-reactive ketones (excluding diaryl/α,β-unsaturated/α-hetero) is 1. The maximum Gasteiger partial charge on any atom is 0.219 e. The van der Waals surface area contributed by atoms with Gasteiger partial charge in [0, 0.05) is 42.3 Å². The highest BCUT2D eigenvalue weighted by Crippen LogP contribution is 2.21. The summed E-state index contributed by atoms with van der Waals surface area (Å²) >= 11 is 0. The van der Waals surface area contributed by atoms with Crippen LogP contribution in [0.4, 0.5) is 0 Å². The fourth-order valence-electron chi connectivity index (χ4n) is 2.89. The highest BCUT2D eigenvalue weighted by Gasteiger charge is 2.11. The van der Waals surface area contributed by atoms with Gasteiger partial charge in [-0.1, -0.05) is 53.2 Å². The summed E-state index contributed by atoms with van der Waals surface area (Å²) in [5.41, 5.74) is 3.51. The van der Waals surface area contributed by atoms with Crippen molar-refractivity contribution >= 4 is 5.78 Å². The van der Waals surface area contributed by atoms with E-state index in [0.29, 0.717) is 35.8 Å². The fourth-order valence-corrected chi connectivity index (χ4v) is 2.89. The van der Waals surface area contributed by atoms with Crippen LogP contribution in [0, 0.1) is 6.92 Å². The number of para-hydroxylation sites is 1. The van der Waals surface area contributed by atoms with Crippen LogP contribution < -0.4 is 4.74 Å². The number of benzene rings is 2. The first kappa shape index (κ1) is 18.6. The molecule has 0 aliphatic carbocycles. The van der Waals surface area contributed by atoms with Gasteiger partial charge in [0.2, 0.25) is 5.88 Å². The number of ether oxygens (including phenoxy) is 1. The molecular weight excluding hydrogens is 364 g/mol. The maximum atomic E-state index is 12.5. The molecular formula is C24H20N2O3. The summed E-state index contributed by atoms with van der Waals surface area (Å²) in [4.78, 5) is 16.7. The molecule has 0 atom stereocenters. The molecule has 5 heteroatoms. The van der Waals surface area contributed by atoms with Gasteiger partial charge in [0.1, 0.15) is 17.2 Å². The average Bonchev–Trinajstić information content (AvgIpc) is 3.23. The Morgan fingerprint density at radius 2 is 1.79 bits per heavy atom. The van der Waals surface area contributed by atoms with Crippen molar-refractivity contribution in [2.45, 2.75) is 19.8 Å². The van der Waals surface area contributed by atoms with Gasteiger partial charge in [-0.25, -0.2) is 4.98 Å². The van der Waals surface area contributed by atoms with Crippen molar-refractivity contribution in [3.8, 4) is 22.9 Å². The monoisotopic (exact) mass is 384 g/mol. The van der Waals surface area contributed by atoms with E-state index in [2.05, 4.69) is 10.1 Å². The summed E-state index contributed by atoms with van der Waals surface area (Å²) in [7, 11) is 0. The first-order valence-corrected chi connectivity index (χ1v) is 9.42. The minimum Gasteiger partial charge on any atom is -0.439 e. The average molecular weight is 384 g/mol. The molecule has 0 aliphatic heterocycles. The van der Waals surface area contributed by atoms with Crippen LogP contribution in [-0.4, -0.2) is 15.9 Å². The van der Waals surface area contributed by atoms with E-state index in [-0.39, 0.29) is 5.78 Å². The second-order valence-electron chi connectivity index (χ2n) is 6.77. The summed E-state index contributed by atoms with van der Waals surface area (Å²) in [6.07, 6.45) is 2.35. The fraction of sp³-hybridized carbons (Fsp3) is 0.125. The van der Waals surface area contributed by atoms with E-state index in [4.69, 9.17) is 9.26 Å². The van der Waals surface area contributed by atoms with Gasteiger partial charge in [0.05, 0.1) is 0 Å². The van der Waals surface area contributed by atoms with Gasteiger partial charge in [-0.15, -0.1) is 0 Å². The van der Waals surface area contributed by atoms with E-state index < -0.39 is 0 Å². The zero-order valence-electron chi connectivity index (χ0n) is 16.0. The van der Waals surface area contributed by atoms with Gasteiger partial charge in [0.15, 0.2) is 5.78 Å². The number of rotatable bonds is 7. The molecule has 0 fully saturated rings. The van der Waals surface area contributed by atoms with Crippen LogP contribution in [0.3, 0.4) is 0 Å². The molecule has 0 saturated carbocycles. The van der Waals surface area contributed by atoms with Crippen LogP contribution in [0.5, 0.6) is 11.6 Å². The largest absolute Gasteiger partial charge is 0.439 e. The van der Waals surface area contributed by atoms with Gasteiger partial charge in [-0.2, -0.15) is 0 Å². The van der Waals surface area contributed by atoms with Crippen LogP contribution in [-0.2, 0) is 6.42 Å². The SMILES string of the molecule is Cc1ccc(-c2cc(CCC(=O)c3ccc(Oc4ccccc4)nc3)on2)cc1. The van der Waals surface area contributed by atoms with Crippen molar-refractivity contribution in [3.05, 3.63) is 95.9 Å². The predicted molar refractivity (Wildman–Crippen MR) is 110 cm³/mol. The molecule has 29 heavy (non-hydrogen) atoms. The molecule has 0 saturated heterocycles. The summed E-state index contributed by atoms with van der Waals surface area (Å²) in [6, 6.07) is 22.8. The van der Waals surface area contributed by atoms with Crippen molar-refractivity contribution < 1.29 is 14.1 Å². The highest BCUT2D eigenvalue weighted by molar-refractivity contribution is 5.95. The van der Waals surface area contributed by atoms with E-state index in [1.165, 1.54) is 5.56 Å². The molecule has 0 N–H and O–H groups in total. The maximum absolute atomic E-state index is 12.5. The molecule has 0 spiro atoms. The number of carbonyl (C=O) groups is 1. The Balaban J connectivity index is 1.34. The Hall–Kier alpha value is -3.73. The summed E-state index contributed by atoms with van der Waals surface area (Å²) < 4.78 is 11.0. The van der Waals surface area contributed by atoms with Crippen LogP contribution in [0.2, 0.25) is 0 Å². The number of carbonyl (C=O) groups excluding carboxylic acids is 1. The Labute approximate surface area is 169 Å². The van der Waals surface area contributed by atoms with E-state index in [9.17, 15) is 4.79 Å². The number of ketones is 1. The molecule has 0 aliphatic rings. The first-order valence-electron chi connectivity index (χ1n) is 9.42. The zero-order chi connectivity index (χ0) is 20.1. The quantitative estimate of drug-likeness (QED) is 0.385. The van der Waals surface area contributed by atoms with Crippen molar-refractivity contribution in [3.63, 3.8) is 0 Å². The van der Waals surface area contributed by atoms with Crippen molar-refractivity contribution in [1.82, 2.24) is 10.1 Å². The number of aromatic nitrogens is 2. The highest BCUT2D eigenvalue weighted by atomic mass is 16.5. The Bertz CT molecular complexity index is 1090. The molecule has 2 aromatic carbocycles. The zero-order valence-corrected chi connectivity index (χ0v) is 16.0. The standard InChI is InChI=1S/C24H20N2O3/c1-17-7-9-18(10-8-17)22-15-21(29-26-22)12-13-23(27)19-11-14-24(25-16-19)28-20-5-3-2-4-6-20/h2-11,14-16H,12-13H2,1H3. The predicted octanol–water partition coefficient (Wildman–Crippen LogP) is 5.65. The van der Waals surface area contributed by atoms with Crippen LogP contribution >= 0.6 is 0 Å². The smallest absolute Gasteiger partial charge is 0.219 e. The molecule has 144 valence electrons. The summed E-state index contributed by atoms with van der Waals surface area (Å²) in [5, 5.41) is 4.10.